The summed E-state index contributed by atoms with van der Waals surface area (Å²) in [6.07, 6.45) is 0.518. The van der Waals surface area contributed by atoms with Gasteiger partial charge in [0.25, 0.3) is 0 Å². The molecule has 0 atom stereocenters. The first-order valence-electron chi connectivity index (χ1n) is 3.67. The molecule has 0 fully saturated rings. The third-order valence-electron chi connectivity index (χ3n) is 0.958. The summed E-state index contributed by atoms with van der Waals surface area (Å²) in [6, 6.07) is 0. The summed E-state index contributed by atoms with van der Waals surface area (Å²) >= 11 is 0. The van der Waals surface area contributed by atoms with E-state index in [2.05, 4.69) is 14.9 Å². The third kappa shape index (κ3) is 7.52. The number of carbonyl (C=O) groups is 1. The van der Waals surface area contributed by atoms with E-state index in [-0.39, 0.29) is 41.7 Å². The van der Waals surface area contributed by atoms with Gasteiger partial charge in [0.2, 0.25) is 0 Å². The van der Waals surface area contributed by atoms with Crippen molar-refractivity contribution in [2.24, 2.45) is 0 Å². The van der Waals surface area contributed by atoms with Crippen molar-refractivity contribution in [1.82, 2.24) is 0 Å². The molecule has 0 aliphatic rings. The zero-order valence-corrected chi connectivity index (χ0v) is 8.39. The Bertz CT molecular complexity index is 295. The van der Waals surface area contributed by atoms with Gasteiger partial charge in [-0.1, -0.05) is 13.5 Å². The molecule has 0 aromatic carbocycles. The van der Waals surface area contributed by atoms with Crippen LogP contribution in [0.5, 0.6) is 0 Å². The Labute approximate surface area is 106 Å². The van der Waals surface area contributed by atoms with Gasteiger partial charge in [0, 0.05) is 5.57 Å². The van der Waals surface area contributed by atoms with Gasteiger partial charge < -0.3 is 4.18 Å². The molecule has 14 heavy (non-hydrogen) atoms. The van der Waals surface area contributed by atoms with Gasteiger partial charge in [-0.05, 0) is 13.3 Å². The number of hydrogen-bond donors (Lipinski definition) is 0. The first-order chi connectivity index (χ1) is 5.89. The van der Waals surface area contributed by atoms with Crippen molar-refractivity contribution in [2.45, 2.75) is 20.3 Å². The summed E-state index contributed by atoms with van der Waals surface area (Å²) in [5.74, 6) is -1.00. The van der Waals surface area contributed by atoms with Crippen LogP contribution in [0.1, 0.15) is 20.3 Å². The van der Waals surface area contributed by atoms with Crippen LogP contribution in [0.2, 0.25) is 0 Å². The van der Waals surface area contributed by atoms with E-state index < -0.39 is 16.4 Å². The summed E-state index contributed by atoms with van der Waals surface area (Å²) < 4.78 is 29.9. The van der Waals surface area contributed by atoms with Crippen LogP contribution >= 0.6 is 0 Å². The van der Waals surface area contributed by atoms with Gasteiger partial charge in [-0.3, -0.25) is 0 Å². The average molecular weight is 232 g/mol. The van der Waals surface area contributed by atoms with Crippen LogP contribution in [0.25, 0.3) is 0 Å². The minimum atomic E-state index is -4.20. The summed E-state index contributed by atoms with van der Waals surface area (Å²) in [5.41, 5.74) is 0.00340. The minimum absolute atomic E-state index is 0. The van der Waals surface area contributed by atoms with Crippen LogP contribution in [-0.4, -0.2) is 50.6 Å². The normalized spacial score (nSPS) is 10.1. The molecule has 0 N–H and O–H groups in total. The molecule has 0 aliphatic carbocycles. The van der Waals surface area contributed by atoms with Crippen molar-refractivity contribution in [3.8, 4) is 0 Å². The second-order valence-corrected chi connectivity index (χ2v) is 3.60. The van der Waals surface area contributed by atoms with Gasteiger partial charge in [-0.2, -0.15) is 8.42 Å². The molecule has 0 amide bonds. The van der Waals surface area contributed by atoms with E-state index in [1.54, 1.807) is 6.92 Å². The van der Waals surface area contributed by atoms with Crippen LogP contribution in [0.15, 0.2) is 12.2 Å². The van der Waals surface area contributed by atoms with E-state index in [4.69, 9.17) is 0 Å². The van der Waals surface area contributed by atoms with Gasteiger partial charge in [0.05, 0.1) is 6.61 Å². The van der Waals surface area contributed by atoms with Crippen molar-refractivity contribution in [3.63, 3.8) is 0 Å². The predicted molar refractivity (Wildman–Crippen MR) is 53.2 cm³/mol. The molecule has 7 heteroatoms. The maximum absolute atomic E-state index is 10.8. The van der Waals surface area contributed by atoms with Crippen LogP contribution in [0.4, 0.5) is 0 Å². The molecule has 0 bridgehead atoms. The molecule has 5 nitrogen and oxygen atoms in total. The Kier molecular flexibility index (Phi) is 8.77. The van der Waals surface area contributed by atoms with Crippen LogP contribution in [0.3, 0.4) is 0 Å². The van der Waals surface area contributed by atoms with Crippen molar-refractivity contribution in [3.05, 3.63) is 12.2 Å². The molecule has 0 aromatic rings. The van der Waals surface area contributed by atoms with E-state index in [0.29, 0.717) is 6.42 Å². The fourth-order valence-corrected chi connectivity index (χ4v) is 1.12. The van der Waals surface area contributed by atoms with E-state index in [1.807, 2.05) is 0 Å². The monoisotopic (exact) mass is 232 g/mol. The second kappa shape index (κ2) is 7.42. The van der Waals surface area contributed by atoms with Gasteiger partial charge in [0.1, 0.15) is 0 Å². The number of hydrogen-bond acceptors (Lipinski definition) is 5. The van der Waals surface area contributed by atoms with Gasteiger partial charge in [-0.15, -0.1) is 0 Å². The zero-order chi connectivity index (χ0) is 10.5. The first-order valence-corrected chi connectivity index (χ1v) is 5.01. The summed E-state index contributed by atoms with van der Waals surface area (Å²) in [5, 5.41) is 0. The molecule has 0 heterocycles. The van der Waals surface area contributed by atoms with Crippen LogP contribution in [-0.2, 0) is 23.6 Å². The quantitative estimate of drug-likeness (QED) is 0.497. The average Bonchev–Trinajstić information content (AvgIpc) is 2.00. The van der Waals surface area contributed by atoms with Crippen molar-refractivity contribution < 1.29 is 21.6 Å². The fourth-order valence-electron chi connectivity index (χ4n) is 0.373. The Balaban J connectivity index is 0. The van der Waals surface area contributed by atoms with Crippen molar-refractivity contribution in [1.29, 1.82) is 0 Å². The molecule has 0 saturated carbocycles. The summed E-state index contributed by atoms with van der Waals surface area (Å²) in [4.78, 5) is 10.7. The Morgan fingerprint density at radius 2 is 1.93 bits per heavy atom. The van der Waals surface area contributed by atoms with Crippen molar-refractivity contribution in [2.75, 3.05) is 6.61 Å². The Morgan fingerprint density at radius 3 is 2.29 bits per heavy atom. The third-order valence-corrected chi connectivity index (χ3v) is 1.77. The van der Waals surface area contributed by atoms with E-state index in [9.17, 15) is 13.2 Å². The molecule has 0 radical (unpaired) electrons. The predicted octanol–water partition coefficient (Wildman–Crippen LogP) is 0.129. The van der Waals surface area contributed by atoms with E-state index in [0.717, 1.165) is 0 Å². The molecule has 0 unspecified atom stereocenters. The Hall–Kier alpha value is 0.120. The fraction of sp³-hybridized carbons (Fsp3) is 0.571. The molecular weight excluding hydrogens is 219 g/mol. The molecule has 0 saturated heterocycles. The van der Waals surface area contributed by atoms with E-state index in [1.165, 1.54) is 6.92 Å². The molecule has 78 valence electrons. The molecule has 0 spiro atoms. The Morgan fingerprint density at radius 1 is 1.43 bits per heavy atom. The number of rotatable bonds is 5. The van der Waals surface area contributed by atoms with E-state index >= 15 is 0 Å². The standard InChI is InChI=1S/C7H12O5S.Na.H/c1-4-5-11-13(9,10)12-7(8)6(2)3;;/h2,4-5H2,1,3H3;;. The SMILES string of the molecule is C=C(C)C(=O)OS(=O)(=O)OCCC.[NaH]. The molecule has 0 rings (SSSR count). The zero-order valence-electron chi connectivity index (χ0n) is 7.57. The van der Waals surface area contributed by atoms with Crippen LogP contribution in [0, 0.1) is 0 Å². The van der Waals surface area contributed by atoms with Gasteiger partial charge in [0.15, 0.2) is 0 Å². The van der Waals surface area contributed by atoms with Crippen molar-refractivity contribution >= 4 is 45.9 Å². The topological polar surface area (TPSA) is 69.7 Å². The molecule has 0 aromatic heterocycles. The molecule has 0 aliphatic heterocycles. The second-order valence-electron chi connectivity index (χ2n) is 2.38. The van der Waals surface area contributed by atoms with Gasteiger partial charge >= 0.3 is 45.9 Å². The maximum atomic E-state index is 10.8. The molecular formula is C7H13NaO5S. The first kappa shape index (κ1) is 16.5. The number of carbonyl (C=O) groups excluding carboxylic acids is 1. The van der Waals surface area contributed by atoms with Crippen LogP contribution < -0.4 is 0 Å². The summed E-state index contributed by atoms with van der Waals surface area (Å²) in [6.45, 7) is 6.29. The van der Waals surface area contributed by atoms with Gasteiger partial charge in [-0.25, -0.2) is 8.98 Å². The summed E-state index contributed by atoms with van der Waals surface area (Å²) in [7, 11) is -4.20.